The number of benzene rings is 3. The first-order valence-electron chi connectivity index (χ1n) is 10.1. The lowest BCUT2D eigenvalue weighted by molar-refractivity contribution is -0.384. The molecule has 0 bridgehead atoms. The smallest absolute Gasteiger partial charge is 0.269 e. The third-order valence-corrected chi connectivity index (χ3v) is 7.02. The molecule has 0 heterocycles. The summed E-state index contributed by atoms with van der Waals surface area (Å²) < 4.78 is 34.1. The molecule has 0 N–H and O–H groups in total. The van der Waals surface area contributed by atoms with E-state index in [9.17, 15) is 18.5 Å². The van der Waals surface area contributed by atoms with E-state index in [1.54, 1.807) is 18.2 Å². The van der Waals surface area contributed by atoms with Gasteiger partial charge in [0.05, 0.1) is 16.4 Å². The lowest BCUT2D eigenvalue weighted by atomic mass is 10.1. The highest BCUT2D eigenvalue weighted by Gasteiger charge is 2.31. The Labute approximate surface area is 198 Å². The zero-order valence-corrected chi connectivity index (χ0v) is 19.3. The molecule has 172 valence electrons. The minimum absolute atomic E-state index is 0.0747. The van der Waals surface area contributed by atoms with Gasteiger partial charge in [-0.2, -0.15) is 4.31 Å². The molecule has 3 aromatic carbocycles. The summed E-state index contributed by atoms with van der Waals surface area (Å²) in [6.07, 6.45) is 0.847. The maximum atomic E-state index is 13.5. The average Bonchev–Trinajstić information content (AvgIpc) is 2.81. The van der Waals surface area contributed by atoms with Gasteiger partial charge in [0, 0.05) is 23.7 Å². The number of hydrogen-bond donors (Lipinski definition) is 0. The van der Waals surface area contributed by atoms with E-state index in [0.717, 1.165) is 23.3 Å². The summed E-state index contributed by atoms with van der Waals surface area (Å²) in [5, 5.41) is 11.5. The highest BCUT2D eigenvalue weighted by Crippen LogP contribution is 2.24. The Morgan fingerprint density at radius 3 is 2.30 bits per heavy atom. The summed E-state index contributed by atoms with van der Waals surface area (Å²) in [7, 11) is -4.06. The second-order valence-corrected chi connectivity index (χ2v) is 9.50. The average molecular weight is 487 g/mol. The molecule has 1 unspecified atom stereocenters. The van der Waals surface area contributed by atoms with Gasteiger partial charge in [-0.3, -0.25) is 10.1 Å². The van der Waals surface area contributed by atoms with Crippen LogP contribution in [0.15, 0.2) is 96.4 Å². The van der Waals surface area contributed by atoms with Crippen LogP contribution in [0.5, 0.6) is 0 Å². The second-order valence-electron chi connectivity index (χ2n) is 7.17. The fraction of sp³-hybridized carbons (Fsp3) is 0.167. The van der Waals surface area contributed by atoms with Crippen LogP contribution in [0, 0.1) is 10.1 Å². The van der Waals surface area contributed by atoms with E-state index >= 15 is 0 Å². The monoisotopic (exact) mass is 486 g/mol. The Morgan fingerprint density at radius 1 is 1.03 bits per heavy atom. The van der Waals surface area contributed by atoms with Crippen LogP contribution in [-0.4, -0.2) is 30.4 Å². The van der Waals surface area contributed by atoms with Gasteiger partial charge in [0.1, 0.15) is 6.23 Å². The van der Waals surface area contributed by atoms with Crippen LogP contribution >= 0.6 is 11.6 Å². The second kappa shape index (κ2) is 11.2. The zero-order chi connectivity index (χ0) is 23.8. The van der Waals surface area contributed by atoms with Gasteiger partial charge in [0.25, 0.3) is 5.69 Å². The Hall–Kier alpha value is -3.04. The van der Waals surface area contributed by atoms with Crippen LogP contribution in [0.25, 0.3) is 0 Å². The molecule has 1 atom stereocenters. The van der Waals surface area contributed by atoms with Gasteiger partial charge in [0.2, 0.25) is 10.0 Å². The molecule has 0 aliphatic heterocycles. The molecule has 0 aromatic heterocycles. The predicted octanol–water partition coefficient (Wildman–Crippen LogP) is 5.21. The standard InChI is InChI=1S/C24H23ClN2O5S/c1-2-24(32-18-20-7-4-3-5-8-20)26(16-15-19-9-6-10-21(25)17-19)33(30,31)23-13-11-22(12-14-23)27(28)29/h2-14,17,24H,1,15-16,18H2. The van der Waals surface area contributed by atoms with Crippen molar-refractivity contribution < 1.29 is 18.1 Å². The van der Waals surface area contributed by atoms with Gasteiger partial charge < -0.3 is 4.74 Å². The topological polar surface area (TPSA) is 89.8 Å². The Balaban J connectivity index is 1.89. The fourth-order valence-electron chi connectivity index (χ4n) is 3.22. The molecule has 7 nitrogen and oxygen atoms in total. The van der Waals surface area contributed by atoms with Gasteiger partial charge in [-0.25, -0.2) is 8.42 Å². The molecule has 0 aliphatic carbocycles. The molecule has 9 heteroatoms. The molecular weight excluding hydrogens is 464 g/mol. The number of nitrogens with zero attached hydrogens (tertiary/aromatic N) is 2. The fourth-order valence-corrected chi connectivity index (χ4v) is 4.93. The summed E-state index contributed by atoms with van der Waals surface area (Å²) in [5.74, 6) is 0. The Bertz CT molecular complexity index is 1200. The minimum Gasteiger partial charge on any atom is -0.354 e. The Morgan fingerprint density at radius 2 is 1.70 bits per heavy atom. The van der Waals surface area contributed by atoms with E-state index in [4.69, 9.17) is 16.3 Å². The van der Waals surface area contributed by atoms with Crippen LogP contribution in [0.1, 0.15) is 11.1 Å². The Kier molecular flexibility index (Phi) is 8.35. The van der Waals surface area contributed by atoms with E-state index in [1.165, 1.54) is 22.5 Å². The van der Waals surface area contributed by atoms with Crippen LogP contribution < -0.4 is 0 Å². The van der Waals surface area contributed by atoms with E-state index in [0.29, 0.717) is 11.4 Å². The van der Waals surface area contributed by atoms with Crippen molar-refractivity contribution in [3.05, 3.63) is 118 Å². The number of ether oxygens (including phenoxy) is 1. The zero-order valence-electron chi connectivity index (χ0n) is 17.7. The highest BCUT2D eigenvalue weighted by atomic mass is 35.5. The quantitative estimate of drug-likeness (QED) is 0.160. The van der Waals surface area contributed by atoms with Gasteiger partial charge >= 0.3 is 0 Å². The number of nitro benzene ring substituents is 1. The van der Waals surface area contributed by atoms with Gasteiger partial charge in [0.15, 0.2) is 0 Å². The number of sulfonamides is 1. The molecule has 0 saturated heterocycles. The summed E-state index contributed by atoms with van der Waals surface area (Å²) in [6.45, 7) is 4.04. The molecule has 3 aromatic rings. The molecule has 0 amide bonds. The van der Waals surface area contributed by atoms with E-state index in [1.807, 2.05) is 36.4 Å². The molecule has 3 rings (SSSR count). The summed E-state index contributed by atoms with van der Waals surface area (Å²) >= 11 is 6.07. The first-order valence-corrected chi connectivity index (χ1v) is 11.9. The third kappa shape index (κ3) is 6.49. The minimum atomic E-state index is -4.06. The van der Waals surface area contributed by atoms with Gasteiger partial charge in [-0.15, -0.1) is 0 Å². The van der Waals surface area contributed by atoms with Crippen LogP contribution in [0.2, 0.25) is 5.02 Å². The van der Waals surface area contributed by atoms with Crippen molar-refractivity contribution in [2.75, 3.05) is 6.54 Å². The largest absolute Gasteiger partial charge is 0.354 e. The maximum absolute atomic E-state index is 13.5. The molecule has 33 heavy (non-hydrogen) atoms. The van der Waals surface area contributed by atoms with Crippen molar-refractivity contribution >= 4 is 27.3 Å². The molecule has 0 fully saturated rings. The van der Waals surface area contributed by atoms with E-state index in [-0.39, 0.29) is 23.7 Å². The van der Waals surface area contributed by atoms with Gasteiger partial charge in [-0.1, -0.05) is 60.6 Å². The SMILES string of the molecule is C=CC(OCc1ccccc1)N(CCc1cccc(Cl)c1)S(=O)(=O)c1ccc([N+](=O)[O-])cc1. The number of non-ortho nitro benzene ring substituents is 1. The molecule has 0 spiro atoms. The summed E-state index contributed by atoms with van der Waals surface area (Å²) in [4.78, 5) is 10.3. The van der Waals surface area contributed by atoms with E-state index in [2.05, 4.69) is 6.58 Å². The number of rotatable bonds is 11. The van der Waals surface area contributed by atoms with Crippen molar-refractivity contribution in [1.82, 2.24) is 4.31 Å². The highest BCUT2D eigenvalue weighted by molar-refractivity contribution is 7.89. The number of halogens is 1. The van der Waals surface area contributed by atoms with E-state index < -0.39 is 21.2 Å². The number of hydrogen-bond acceptors (Lipinski definition) is 5. The third-order valence-electron chi connectivity index (χ3n) is 4.91. The first-order chi connectivity index (χ1) is 15.8. The van der Waals surface area contributed by atoms with Crippen molar-refractivity contribution in [2.45, 2.75) is 24.2 Å². The van der Waals surface area contributed by atoms with Crippen molar-refractivity contribution in [3.8, 4) is 0 Å². The van der Waals surface area contributed by atoms with Crippen LogP contribution in [0.3, 0.4) is 0 Å². The van der Waals surface area contributed by atoms with Gasteiger partial charge in [-0.05, 0) is 47.9 Å². The van der Waals surface area contributed by atoms with Crippen LogP contribution in [-0.2, 0) is 27.8 Å². The molecule has 0 radical (unpaired) electrons. The predicted molar refractivity (Wildman–Crippen MR) is 127 cm³/mol. The lowest BCUT2D eigenvalue weighted by Gasteiger charge is -2.29. The molecule has 0 saturated carbocycles. The summed E-state index contributed by atoms with van der Waals surface area (Å²) in [5.41, 5.74) is 1.55. The molecular formula is C24H23ClN2O5S. The van der Waals surface area contributed by atoms with Crippen molar-refractivity contribution in [3.63, 3.8) is 0 Å². The summed E-state index contributed by atoms with van der Waals surface area (Å²) in [6, 6.07) is 21.3. The molecule has 0 aliphatic rings. The lowest BCUT2D eigenvalue weighted by Crippen LogP contribution is -2.42. The first kappa shape index (κ1) is 24.6. The maximum Gasteiger partial charge on any atom is 0.269 e. The van der Waals surface area contributed by atoms with Crippen molar-refractivity contribution in [1.29, 1.82) is 0 Å². The number of nitro groups is 1. The van der Waals surface area contributed by atoms with Crippen LogP contribution in [0.4, 0.5) is 5.69 Å². The van der Waals surface area contributed by atoms with Crippen molar-refractivity contribution in [2.24, 2.45) is 0 Å². The normalized spacial score (nSPS) is 12.4.